The zero-order chi connectivity index (χ0) is 19.0. The fourth-order valence-corrected chi connectivity index (χ4v) is 1.91. The van der Waals surface area contributed by atoms with Gasteiger partial charge < -0.3 is 19.7 Å². The van der Waals surface area contributed by atoms with Crippen LogP contribution in [0.15, 0.2) is 24.3 Å². The number of ether oxygens (including phenoxy) is 2. The van der Waals surface area contributed by atoms with Crippen molar-refractivity contribution in [2.75, 3.05) is 13.6 Å². The molecule has 0 bridgehead atoms. The summed E-state index contributed by atoms with van der Waals surface area (Å²) in [5.74, 6) is -0.0988. The van der Waals surface area contributed by atoms with E-state index in [4.69, 9.17) is 4.74 Å². The highest BCUT2D eigenvalue weighted by molar-refractivity contribution is 5.77. The molecule has 6 nitrogen and oxygen atoms in total. The molecule has 1 aromatic rings. The summed E-state index contributed by atoms with van der Waals surface area (Å²) in [6, 6.07) is 6.06. The van der Waals surface area contributed by atoms with Crippen molar-refractivity contribution in [2.45, 2.75) is 45.9 Å². The number of hydrogen-bond donors (Lipinski definition) is 1. The predicted octanol–water partition coefficient (Wildman–Crippen LogP) is 3.16. The number of halogens is 2. The third-order valence-corrected chi connectivity index (χ3v) is 3.00. The van der Waals surface area contributed by atoms with Crippen molar-refractivity contribution in [2.24, 2.45) is 0 Å². The van der Waals surface area contributed by atoms with Gasteiger partial charge in [-0.05, 0) is 38.5 Å². The van der Waals surface area contributed by atoms with Crippen LogP contribution in [0.3, 0.4) is 0 Å². The van der Waals surface area contributed by atoms with Gasteiger partial charge in [0.05, 0.1) is 0 Å². The van der Waals surface area contributed by atoms with Gasteiger partial charge in [0, 0.05) is 26.6 Å². The highest BCUT2D eigenvalue weighted by atomic mass is 19.3. The fraction of sp³-hybridized carbons (Fsp3) is 0.529. The average molecular weight is 358 g/mol. The van der Waals surface area contributed by atoms with Gasteiger partial charge in [-0.3, -0.25) is 4.79 Å². The van der Waals surface area contributed by atoms with E-state index in [-0.39, 0.29) is 24.6 Å². The minimum absolute atomic E-state index is 0.0642. The van der Waals surface area contributed by atoms with Gasteiger partial charge >= 0.3 is 12.7 Å². The smallest absolute Gasteiger partial charge is 0.407 e. The molecule has 1 N–H and O–H groups in total. The van der Waals surface area contributed by atoms with Gasteiger partial charge in [-0.15, -0.1) is 0 Å². The molecule has 0 radical (unpaired) electrons. The first-order chi connectivity index (χ1) is 11.6. The Morgan fingerprint density at radius 3 is 2.32 bits per heavy atom. The molecule has 0 aliphatic rings. The van der Waals surface area contributed by atoms with Crippen LogP contribution >= 0.6 is 0 Å². The minimum atomic E-state index is -2.87. The van der Waals surface area contributed by atoms with E-state index in [1.807, 2.05) is 0 Å². The number of benzene rings is 1. The number of hydrogen-bond acceptors (Lipinski definition) is 4. The first-order valence-corrected chi connectivity index (χ1v) is 7.81. The lowest BCUT2D eigenvalue weighted by atomic mass is 10.2. The van der Waals surface area contributed by atoms with E-state index in [2.05, 4.69) is 10.1 Å². The molecular weight excluding hydrogens is 334 g/mol. The van der Waals surface area contributed by atoms with Gasteiger partial charge in [-0.2, -0.15) is 8.78 Å². The van der Waals surface area contributed by atoms with Crippen LogP contribution in [0.4, 0.5) is 13.6 Å². The van der Waals surface area contributed by atoms with Gasteiger partial charge in [0.25, 0.3) is 0 Å². The normalized spacial score (nSPS) is 11.2. The lowest BCUT2D eigenvalue weighted by Gasteiger charge is -2.20. The van der Waals surface area contributed by atoms with E-state index in [0.717, 1.165) is 5.56 Å². The second kappa shape index (κ2) is 9.19. The summed E-state index contributed by atoms with van der Waals surface area (Å²) >= 11 is 0. The van der Waals surface area contributed by atoms with Crippen molar-refractivity contribution >= 4 is 12.0 Å². The molecule has 0 atom stereocenters. The van der Waals surface area contributed by atoms with Crippen LogP contribution in [0.25, 0.3) is 0 Å². The molecule has 0 saturated heterocycles. The average Bonchev–Trinajstić information content (AvgIpc) is 2.46. The highest BCUT2D eigenvalue weighted by Gasteiger charge is 2.16. The largest absolute Gasteiger partial charge is 0.444 e. The Kier molecular flexibility index (Phi) is 7.60. The summed E-state index contributed by atoms with van der Waals surface area (Å²) in [6.07, 6.45) is -0.444. The van der Waals surface area contributed by atoms with Gasteiger partial charge in [-0.25, -0.2) is 4.79 Å². The molecule has 1 rings (SSSR count). The number of amides is 2. The molecule has 0 fully saturated rings. The van der Waals surface area contributed by atoms with Crippen LogP contribution in [0, 0.1) is 0 Å². The topological polar surface area (TPSA) is 67.9 Å². The summed E-state index contributed by atoms with van der Waals surface area (Å²) < 4.78 is 33.5. The molecule has 0 aromatic heterocycles. The van der Waals surface area contributed by atoms with Crippen LogP contribution in [-0.4, -0.2) is 42.7 Å². The molecule has 0 aliphatic heterocycles. The van der Waals surface area contributed by atoms with Crippen LogP contribution in [0.2, 0.25) is 0 Å². The maximum atomic E-state index is 12.1. The summed E-state index contributed by atoms with van der Waals surface area (Å²) in [5, 5.41) is 2.52. The van der Waals surface area contributed by atoms with E-state index >= 15 is 0 Å². The Bertz CT molecular complexity index is 571. The summed E-state index contributed by atoms with van der Waals surface area (Å²) in [5.41, 5.74) is 0.183. The number of nitrogens with zero attached hydrogens (tertiary/aromatic N) is 1. The fourth-order valence-electron chi connectivity index (χ4n) is 1.91. The molecule has 1 aromatic carbocycles. The van der Waals surface area contributed by atoms with Crippen molar-refractivity contribution in [3.05, 3.63) is 29.8 Å². The number of nitrogens with one attached hydrogen (secondary N) is 1. The molecule has 0 saturated carbocycles. The van der Waals surface area contributed by atoms with Crippen molar-refractivity contribution in [1.82, 2.24) is 10.2 Å². The summed E-state index contributed by atoms with van der Waals surface area (Å²) in [6.45, 7) is 2.88. The SMILES string of the molecule is CN(Cc1ccc(OC(F)F)cc1)C(=O)CCNC(=O)OC(C)(C)C. The maximum Gasteiger partial charge on any atom is 0.407 e. The third kappa shape index (κ3) is 8.88. The molecule has 0 heterocycles. The first-order valence-electron chi connectivity index (χ1n) is 7.81. The second-order valence-electron chi connectivity index (χ2n) is 6.45. The Morgan fingerprint density at radius 1 is 1.20 bits per heavy atom. The number of alkyl halides is 2. The van der Waals surface area contributed by atoms with Crippen molar-refractivity contribution in [3.8, 4) is 5.75 Å². The van der Waals surface area contributed by atoms with E-state index in [0.29, 0.717) is 6.54 Å². The van der Waals surface area contributed by atoms with Crippen molar-refractivity contribution < 1.29 is 27.8 Å². The van der Waals surface area contributed by atoms with Crippen LogP contribution in [0.1, 0.15) is 32.8 Å². The maximum absolute atomic E-state index is 12.1. The number of rotatable bonds is 7. The van der Waals surface area contributed by atoms with Crippen molar-refractivity contribution in [3.63, 3.8) is 0 Å². The zero-order valence-electron chi connectivity index (χ0n) is 14.8. The van der Waals surface area contributed by atoms with E-state index < -0.39 is 18.3 Å². The number of carbonyl (C=O) groups excluding carboxylic acids is 2. The number of carbonyl (C=O) groups is 2. The Labute approximate surface area is 146 Å². The quantitative estimate of drug-likeness (QED) is 0.813. The molecule has 25 heavy (non-hydrogen) atoms. The third-order valence-electron chi connectivity index (χ3n) is 3.00. The lowest BCUT2D eigenvalue weighted by Crippen LogP contribution is -2.35. The standard InChI is InChI=1S/C17H24F2N2O4/c1-17(2,3)25-16(23)20-10-9-14(22)21(4)11-12-5-7-13(8-6-12)24-15(18)19/h5-8,15H,9-11H2,1-4H3,(H,20,23). The second-order valence-corrected chi connectivity index (χ2v) is 6.45. The van der Waals surface area contributed by atoms with Crippen LogP contribution in [0.5, 0.6) is 5.75 Å². The van der Waals surface area contributed by atoms with Gasteiger partial charge in [0.1, 0.15) is 11.4 Å². The molecule has 2 amide bonds. The highest BCUT2D eigenvalue weighted by Crippen LogP contribution is 2.16. The summed E-state index contributed by atoms with van der Waals surface area (Å²) in [7, 11) is 1.62. The molecule has 140 valence electrons. The van der Waals surface area contributed by atoms with E-state index in [1.54, 1.807) is 40.0 Å². The monoisotopic (exact) mass is 358 g/mol. The molecule has 0 aliphatic carbocycles. The van der Waals surface area contributed by atoms with Gasteiger partial charge in [0.15, 0.2) is 0 Å². The predicted molar refractivity (Wildman–Crippen MR) is 88.4 cm³/mol. The molecule has 8 heteroatoms. The lowest BCUT2D eigenvalue weighted by molar-refractivity contribution is -0.130. The van der Waals surface area contributed by atoms with Crippen LogP contribution < -0.4 is 10.1 Å². The Balaban J connectivity index is 2.37. The number of alkyl carbamates (subject to hydrolysis) is 1. The minimum Gasteiger partial charge on any atom is -0.444 e. The van der Waals surface area contributed by atoms with Gasteiger partial charge in [0.2, 0.25) is 5.91 Å². The van der Waals surface area contributed by atoms with E-state index in [9.17, 15) is 18.4 Å². The van der Waals surface area contributed by atoms with Crippen LogP contribution in [-0.2, 0) is 16.1 Å². The molecule has 0 unspecified atom stereocenters. The summed E-state index contributed by atoms with van der Waals surface area (Å²) in [4.78, 5) is 25.0. The Hall–Kier alpha value is -2.38. The van der Waals surface area contributed by atoms with E-state index in [1.165, 1.54) is 17.0 Å². The molecular formula is C17H24F2N2O4. The molecule has 0 spiro atoms. The Morgan fingerprint density at radius 2 is 1.80 bits per heavy atom. The van der Waals surface area contributed by atoms with Gasteiger partial charge in [-0.1, -0.05) is 12.1 Å². The zero-order valence-corrected chi connectivity index (χ0v) is 14.8. The van der Waals surface area contributed by atoms with Crippen molar-refractivity contribution in [1.29, 1.82) is 0 Å². The first kappa shape index (κ1) is 20.7.